The number of benzene rings is 1. The molecule has 1 heterocycles. The van der Waals surface area contributed by atoms with Gasteiger partial charge in [0.05, 0.1) is 5.69 Å². The monoisotopic (exact) mass is 254 g/mol. The van der Waals surface area contributed by atoms with Crippen molar-refractivity contribution in [2.75, 3.05) is 0 Å². The normalized spacial score (nSPS) is 12.4. The van der Waals surface area contributed by atoms with Gasteiger partial charge in [-0.2, -0.15) is 10.2 Å². The Labute approximate surface area is 103 Å². The second-order valence-corrected chi connectivity index (χ2v) is 4.06. The topological polar surface area (TPSA) is 46.0 Å². The van der Waals surface area contributed by atoms with Crippen molar-refractivity contribution in [3.8, 4) is 0 Å². The van der Waals surface area contributed by atoms with Crippen LogP contribution in [-0.4, -0.2) is 15.3 Å². The Morgan fingerprint density at radius 2 is 2.00 bits per heavy atom. The van der Waals surface area contributed by atoms with Crippen molar-refractivity contribution >= 4 is 23.2 Å². The fourth-order valence-electron chi connectivity index (χ4n) is 1.34. The van der Waals surface area contributed by atoms with Gasteiger partial charge in [-0.3, -0.25) is 0 Å². The molecule has 5 heteroatoms. The summed E-state index contributed by atoms with van der Waals surface area (Å²) in [5.41, 5.74) is 1.01. The SMILES string of the molecule is OC(c1cccnn1)c1ccc(Cl)cc1Cl. The maximum absolute atomic E-state index is 10.0. The molecule has 0 amide bonds. The van der Waals surface area contributed by atoms with Crippen LogP contribution < -0.4 is 0 Å². The number of aliphatic hydroxyl groups excluding tert-OH is 1. The van der Waals surface area contributed by atoms with Crippen molar-refractivity contribution in [3.63, 3.8) is 0 Å². The highest BCUT2D eigenvalue weighted by atomic mass is 35.5. The van der Waals surface area contributed by atoms with Gasteiger partial charge in [-0.25, -0.2) is 0 Å². The van der Waals surface area contributed by atoms with Gasteiger partial charge in [0.15, 0.2) is 0 Å². The van der Waals surface area contributed by atoms with Crippen LogP contribution in [0, 0.1) is 0 Å². The van der Waals surface area contributed by atoms with Crippen molar-refractivity contribution in [2.24, 2.45) is 0 Å². The van der Waals surface area contributed by atoms with E-state index in [0.29, 0.717) is 21.3 Å². The van der Waals surface area contributed by atoms with E-state index in [0.717, 1.165) is 0 Å². The Bertz CT molecular complexity index is 491. The summed E-state index contributed by atoms with van der Waals surface area (Å²) < 4.78 is 0. The molecule has 1 aromatic heterocycles. The zero-order valence-electron chi connectivity index (χ0n) is 8.14. The third kappa shape index (κ3) is 2.32. The highest BCUT2D eigenvalue weighted by Crippen LogP contribution is 2.29. The molecule has 0 aliphatic heterocycles. The minimum absolute atomic E-state index is 0.408. The van der Waals surface area contributed by atoms with Gasteiger partial charge < -0.3 is 5.11 Å². The smallest absolute Gasteiger partial charge is 0.124 e. The Kier molecular flexibility index (Phi) is 3.39. The minimum Gasteiger partial charge on any atom is -0.382 e. The van der Waals surface area contributed by atoms with E-state index < -0.39 is 6.10 Å². The molecule has 2 rings (SSSR count). The molecule has 0 radical (unpaired) electrons. The number of nitrogens with zero attached hydrogens (tertiary/aromatic N) is 2. The van der Waals surface area contributed by atoms with Gasteiger partial charge in [0, 0.05) is 21.8 Å². The van der Waals surface area contributed by atoms with E-state index in [1.54, 1.807) is 36.5 Å². The fraction of sp³-hybridized carbons (Fsp3) is 0.0909. The summed E-state index contributed by atoms with van der Waals surface area (Å²) >= 11 is 11.8. The van der Waals surface area contributed by atoms with E-state index in [1.165, 1.54) is 0 Å². The van der Waals surface area contributed by atoms with E-state index in [-0.39, 0.29) is 0 Å². The van der Waals surface area contributed by atoms with Crippen molar-refractivity contribution in [2.45, 2.75) is 6.10 Å². The summed E-state index contributed by atoms with van der Waals surface area (Å²) in [5, 5.41) is 18.5. The molecule has 1 unspecified atom stereocenters. The molecular formula is C11H8Cl2N2O. The predicted molar refractivity (Wildman–Crippen MR) is 62.6 cm³/mol. The Hall–Kier alpha value is -1.16. The highest BCUT2D eigenvalue weighted by Gasteiger charge is 2.15. The number of halogens is 2. The Balaban J connectivity index is 2.38. The van der Waals surface area contributed by atoms with E-state index in [4.69, 9.17) is 23.2 Å². The predicted octanol–water partition coefficient (Wildman–Crippen LogP) is 2.87. The van der Waals surface area contributed by atoms with Crippen LogP contribution in [0.4, 0.5) is 0 Å². The molecule has 16 heavy (non-hydrogen) atoms. The molecule has 1 aromatic carbocycles. The van der Waals surface area contributed by atoms with Gasteiger partial charge in [-0.15, -0.1) is 0 Å². The van der Waals surface area contributed by atoms with Crippen LogP contribution in [0.3, 0.4) is 0 Å². The summed E-state index contributed by atoms with van der Waals surface area (Å²) in [6.07, 6.45) is 0.651. The van der Waals surface area contributed by atoms with Crippen molar-refractivity contribution in [1.82, 2.24) is 10.2 Å². The third-order valence-corrected chi connectivity index (χ3v) is 2.69. The third-order valence-electron chi connectivity index (χ3n) is 2.13. The molecule has 2 aromatic rings. The van der Waals surface area contributed by atoms with Crippen molar-refractivity contribution < 1.29 is 5.11 Å². The number of hydrogen-bond donors (Lipinski definition) is 1. The first-order valence-electron chi connectivity index (χ1n) is 4.59. The second-order valence-electron chi connectivity index (χ2n) is 3.22. The van der Waals surface area contributed by atoms with E-state index in [2.05, 4.69) is 10.2 Å². The zero-order chi connectivity index (χ0) is 11.5. The molecule has 0 fully saturated rings. The quantitative estimate of drug-likeness (QED) is 0.897. The lowest BCUT2D eigenvalue weighted by molar-refractivity contribution is 0.214. The molecule has 0 saturated carbocycles. The first kappa shape index (κ1) is 11.3. The maximum Gasteiger partial charge on any atom is 0.124 e. The molecule has 0 saturated heterocycles. The summed E-state index contributed by atoms with van der Waals surface area (Å²) in [6.45, 7) is 0. The lowest BCUT2D eigenvalue weighted by Gasteiger charge is -2.11. The standard InChI is InChI=1S/C11H8Cl2N2O/c12-7-3-4-8(9(13)6-7)11(16)10-2-1-5-14-15-10/h1-6,11,16H. The molecule has 0 spiro atoms. The highest BCUT2D eigenvalue weighted by molar-refractivity contribution is 6.35. The average molecular weight is 255 g/mol. The molecule has 82 valence electrons. The number of aromatic nitrogens is 2. The Morgan fingerprint density at radius 3 is 2.62 bits per heavy atom. The molecule has 0 aliphatic rings. The number of rotatable bonds is 2. The van der Waals surface area contributed by atoms with Crippen molar-refractivity contribution in [3.05, 3.63) is 57.8 Å². The first-order chi connectivity index (χ1) is 7.68. The molecule has 0 bridgehead atoms. The molecule has 3 nitrogen and oxygen atoms in total. The molecule has 1 atom stereocenters. The van der Waals surface area contributed by atoms with Crippen LogP contribution in [0.5, 0.6) is 0 Å². The van der Waals surface area contributed by atoms with Gasteiger partial charge in [0.1, 0.15) is 6.10 Å². The summed E-state index contributed by atoms with van der Waals surface area (Å²) in [6, 6.07) is 8.31. The van der Waals surface area contributed by atoms with E-state index in [1.807, 2.05) is 0 Å². The Morgan fingerprint density at radius 1 is 1.19 bits per heavy atom. The number of hydrogen-bond acceptors (Lipinski definition) is 3. The average Bonchev–Trinajstić information content (AvgIpc) is 2.29. The minimum atomic E-state index is -0.890. The fourth-order valence-corrected chi connectivity index (χ4v) is 1.85. The first-order valence-corrected chi connectivity index (χ1v) is 5.34. The van der Waals surface area contributed by atoms with Crippen LogP contribution in [0.2, 0.25) is 10.0 Å². The largest absolute Gasteiger partial charge is 0.382 e. The van der Waals surface area contributed by atoms with Gasteiger partial charge in [0.2, 0.25) is 0 Å². The summed E-state index contributed by atoms with van der Waals surface area (Å²) in [4.78, 5) is 0. The summed E-state index contributed by atoms with van der Waals surface area (Å²) in [5.74, 6) is 0. The van der Waals surface area contributed by atoms with Gasteiger partial charge in [0.25, 0.3) is 0 Å². The van der Waals surface area contributed by atoms with Crippen LogP contribution in [0.15, 0.2) is 36.5 Å². The van der Waals surface area contributed by atoms with E-state index in [9.17, 15) is 5.11 Å². The molecule has 1 N–H and O–H groups in total. The lowest BCUT2D eigenvalue weighted by Crippen LogP contribution is -2.03. The molecule has 0 aliphatic carbocycles. The van der Waals surface area contributed by atoms with Gasteiger partial charge in [-0.1, -0.05) is 29.3 Å². The van der Waals surface area contributed by atoms with Gasteiger partial charge in [-0.05, 0) is 24.3 Å². The maximum atomic E-state index is 10.0. The van der Waals surface area contributed by atoms with Crippen LogP contribution in [0.1, 0.15) is 17.4 Å². The van der Waals surface area contributed by atoms with E-state index >= 15 is 0 Å². The second kappa shape index (κ2) is 4.78. The van der Waals surface area contributed by atoms with Crippen LogP contribution in [0.25, 0.3) is 0 Å². The van der Waals surface area contributed by atoms with Crippen molar-refractivity contribution in [1.29, 1.82) is 0 Å². The zero-order valence-corrected chi connectivity index (χ0v) is 9.65. The summed E-state index contributed by atoms with van der Waals surface area (Å²) in [7, 11) is 0. The van der Waals surface area contributed by atoms with Crippen LogP contribution >= 0.6 is 23.2 Å². The van der Waals surface area contributed by atoms with Gasteiger partial charge >= 0.3 is 0 Å². The molecular weight excluding hydrogens is 247 g/mol. The van der Waals surface area contributed by atoms with Crippen LogP contribution in [-0.2, 0) is 0 Å². The lowest BCUT2D eigenvalue weighted by atomic mass is 10.1. The number of aliphatic hydroxyl groups is 1.